The molecule has 1 aliphatic heterocycles. The Morgan fingerprint density at radius 3 is 2.93 bits per heavy atom. The average Bonchev–Trinajstić information content (AvgIpc) is 3.43. The molecule has 1 amide bonds. The summed E-state index contributed by atoms with van der Waals surface area (Å²) in [5.74, 6) is 0.418. The van der Waals surface area contributed by atoms with Crippen LogP contribution in [0.3, 0.4) is 0 Å². The zero-order valence-corrected chi connectivity index (χ0v) is 16.5. The Kier molecular flexibility index (Phi) is 5.31. The minimum absolute atomic E-state index is 0.0734. The van der Waals surface area contributed by atoms with Gasteiger partial charge in [0.15, 0.2) is 16.8 Å². The number of para-hydroxylation sites is 1. The summed E-state index contributed by atoms with van der Waals surface area (Å²) in [6, 6.07) is 11.6. The Balaban J connectivity index is 1.52. The lowest BCUT2D eigenvalue weighted by atomic mass is 10.2. The molecule has 0 atom stereocenters. The number of carbonyl (C=O) groups excluding carboxylic acids is 1. The van der Waals surface area contributed by atoms with E-state index in [2.05, 4.69) is 26.3 Å². The van der Waals surface area contributed by atoms with E-state index in [1.165, 1.54) is 37.9 Å². The number of thiophene rings is 1. The molecule has 1 aliphatic rings. The Hall–Kier alpha value is -2.84. The summed E-state index contributed by atoms with van der Waals surface area (Å²) in [5.41, 5.74) is 6.75. The molecule has 7 nitrogen and oxygen atoms in total. The molecule has 1 saturated heterocycles. The summed E-state index contributed by atoms with van der Waals surface area (Å²) >= 11 is 1.66. The fraction of sp³-hybridized carbons (Fsp3) is 0.300. The molecule has 3 heterocycles. The first-order valence-corrected chi connectivity index (χ1v) is 10.1. The van der Waals surface area contributed by atoms with Crippen molar-refractivity contribution >= 4 is 34.1 Å². The predicted molar refractivity (Wildman–Crippen MR) is 112 cm³/mol. The molecule has 2 aromatic heterocycles. The van der Waals surface area contributed by atoms with E-state index in [9.17, 15) is 4.79 Å². The second kappa shape index (κ2) is 8.04. The van der Waals surface area contributed by atoms with E-state index < -0.39 is 0 Å². The summed E-state index contributed by atoms with van der Waals surface area (Å²) in [5, 5.41) is 4.26. The Morgan fingerprint density at radius 2 is 2.14 bits per heavy atom. The number of benzene rings is 1. The number of aromatic amines is 1. The first kappa shape index (κ1) is 18.5. The minimum atomic E-state index is -0.339. The van der Waals surface area contributed by atoms with Crippen LogP contribution >= 0.6 is 11.3 Å². The molecule has 0 aliphatic carbocycles. The van der Waals surface area contributed by atoms with Gasteiger partial charge in [-0.25, -0.2) is 0 Å². The number of aromatic nitrogens is 1. The van der Waals surface area contributed by atoms with Crippen molar-refractivity contribution in [3.8, 4) is 10.8 Å². The Labute approximate surface area is 167 Å². The number of guanidine groups is 1. The van der Waals surface area contributed by atoms with Gasteiger partial charge in [0.1, 0.15) is 5.69 Å². The van der Waals surface area contributed by atoms with Gasteiger partial charge in [-0.3, -0.25) is 20.0 Å². The second-order valence-corrected chi connectivity index (χ2v) is 7.90. The highest BCUT2D eigenvalue weighted by Gasteiger charge is 2.15. The maximum absolute atomic E-state index is 12.3. The van der Waals surface area contributed by atoms with Crippen LogP contribution in [-0.2, 0) is 6.54 Å². The van der Waals surface area contributed by atoms with Crippen molar-refractivity contribution in [1.29, 1.82) is 0 Å². The zero-order valence-electron chi connectivity index (χ0n) is 15.7. The van der Waals surface area contributed by atoms with Gasteiger partial charge in [0, 0.05) is 23.9 Å². The molecule has 146 valence electrons. The average molecular weight is 398 g/mol. The quantitative estimate of drug-likeness (QED) is 0.455. The molecule has 3 aromatic rings. The number of hydrogen-bond donors (Lipinski definition) is 3. The first-order valence-electron chi connectivity index (χ1n) is 9.26. The van der Waals surface area contributed by atoms with Gasteiger partial charge in [-0.1, -0.05) is 12.1 Å². The Morgan fingerprint density at radius 1 is 1.32 bits per heavy atom. The lowest BCUT2D eigenvalue weighted by Gasteiger charge is -2.12. The van der Waals surface area contributed by atoms with Gasteiger partial charge in [0.2, 0.25) is 0 Å². The molecule has 1 aromatic carbocycles. The molecular weight excluding hydrogens is 374 g/mol. The number of nitrogens with one attached hydrogen (secondary N) is 2. The molecule has 0 unspecified atom stereocenters. The van der Waals surface area contributed by atoms with E-state index in [0.29, 0.717) is 11.4 Å². The number of aliphatic imine (C=N–C) groups is 1. The number of H-pyrrole nitrogens is 1. The summed E-state index contributed by atoms with van der Waals surface area (Å²) in [4.78, 5) is 22.9. The fourth-order valence-corrected chi connectivity index (χ4v) is 4.25. The molecule has 4 N–H and O–H groups in total. The molecular formula is C20H23N5O2S. The van der Waals surface area contributed by atoms with E-state index >= 15 is 0 Å². The maximum atomic E-state index is 12.3. The largest absolute Gasteiger partial charge is 0.444 e. The van der Waals surface area contributed by atoms with E-state index in [0.717, 1.165) is 22.5 Å². The third-order valence-electron chi connectivity index (χ3n) is 4.77. The van der Waals surface area contributed by atoms with Gasteiger partial charge in [-0.15, -0.1) is 11.3 Å². The summed E-state index contributed by atoms with van der Waals surface area (Å²) < 4.78 is 6.12. The van der Waals surface area contributed by atoms with Crippen LogP contribution in [0.4, 0.5) is 0 Å². The van der Waals surface area contributed by atoms with Crippen LogP contribution in [0.1, 0.15) is 28.2 Å². The molecule has 0 saturated carbocycles. The van der Waals surface area contributed by atoms with Crippen LogP contribution < -0.4 is 15.8 Å². The van der Waals surface area contributed by atoms with E-state index in [4.69, 9.17) is 10.5 Å². The number of likely N-dealkylation sites (tertiary alicyclic amines) is 1. The predicted octanol–water partition coefficient (Wildman–Crippen LogP) is 3.29. The Bertz CT molecular complexity index is 1020. The van der Waals surface area contributed by atoms with Crippen LogP contribution in [0.15, 0.2) is 41.4 Å². The van der Waals surface area contributed by atoms with Crippen molar-refractivity contribution in [1.82, 2.24) is 15.2 Å². The molecule has 28 heavy (non-hydrogen) atoms. The monoisotopic (exact) mass is 397 g/mol. The summed E-state index contributed by atoms with van der Waals surface area (Å²) in [7, 11) is 1.52. The summed E-state index contributed by atoms with van der Waals surface area (Å²) in [6.45, 7) is 3.33. The standard InChI is InChI=1S/C20H23N5O2S/c1-22-20(21)24-19(26)15-11-13-5-4-6-16(18(13)23-15)27-17-8-7-14(28-17)12-25-9-2-3-10-25/h4-8,11,23H,2-3,9-10,12H2,1H3,(H3,21,22,24,26). The van der Waals surface area contributed by atoms with Crippen LogP contribution in [0, 0.1) is 0 Å². The smallest absolute Gasteiger partial charge is 0.274 e. The van der Waals surface area contributed by atoms with Crippen molar-refractivity contribution in [2.45, 2.75) is 19.4 Å². The molecule has 4 rings (SSSR count). The van der Waals surface area contributed by atoms with E-state index in [1.54, 1.807) is 17.4 Å². The minimum Gasteiger partial charge on any atom is -0.444 e. The lowest BCUT2D eigenvalue weighted by molar-refractivity contribution is 0.0972. The van der Waals surface area contributed by atoms with Crippen LogP contribution in [0.25, 0.3) is 10.9 Å². The van der Waals surface area contributed by atoms with Gasteiger partial charge in [0.25, 0.3) is 5.91 Å². The highest BCUT2D eigenvalue weighted by atomic mass is 32.1. The fourth-order valence-electron chi connectivity index (χ4n) is 3.34. The summed E-state index contributed by atoms with van der Waals surface area (Å²) in [6.07, 6.45) is 2.57. The van der Waals surface area contributed by atoms with Gasteiger partial charge < -0.3 is 15.5 Å². The van der Waals surface area contributed by atoms with Crippen LogP contribution in [-0.4, -0.2) is 41.9 Å². The van der Waals surface area contributed by atoms with Gasteiger partial charge in [-0.05, 0) is 50.2 Å². The number of hydrogen-bond acceptors (Lipinski definition) is 5. The van der Waals surface area contributed by atoms with Crippen molar-refractivity contribution in [2.75, 3.05) is 20.1 Å². The molecule has 8 heteroatoms. The normalized spacial score (nSPS) is 15.2. The maximum Gasteiger partial charge on any atom is 0.274 e. The SMILES string of the molecule is CN=C(N)NC(=O)c1cc2cccc(Oc3ccc(CN4CCCC4)s3)c2[nH]1. The van der Waals surface area contributed by atoms with Gasteiger partial charge in [0.05, 0.1) is 5.52 Å². The number of fused-ring (bicyclic) bond motifs is 1. The third-order valence-corrected chi connectivity index (χ3v) is 5.72. The van der Waals surface area contributed by atoms with Crippen molar-refractivity contribution in [3.05, 3.63) is 47.0 Å². The zero-order chi connectivity index (χ0) is 19.5. The molecule has 0 radical (unpaired) electrons. The number of ether oxygens (including phenoxy) is 1. The number of rotatable bonds is 5. The lowest BCUT2D eigenvalue weighted by Crippen LogP contribution is -2.36. The highest BCUT2D eigenvalue weighted by molar-refractivity contribution is 7.13. The molecule has 1 fully saturated rings. The van der Waals surface area contributed by atoms with Crippen molar-refractivity contribution < 1.29 is 9.53 Å². The first-order chi connectivity index (χ1) is 13.6. The topological polar surface area (TPSA) is 95.7 Å². The number of carbonyl (C=O) groups is 1. The van der Waals surface area contributed by atoms with Crippen molar-refractivity contribution in [3.63, 3.8) is 0 Å². The van der Waals surface area contributed by atoms with Crippen LogP contribution in [0.5, 0.6) is 10.8 Å². The third kappa shape index (κ3) is 4.02. The number of nitrogens with two attached hydrogens (primary N) is 1. The van der Waals surface area contributed by atoms with E-state index in [1.807, 2.05) is 24.3 Å². The molecule has 0 bridgehead atoms. The number of amides is 1. The van der Waals surface area contributed by atoms with E-state index in [-0.39, 0.29) is 11.9 Å². The molecule has 0 spiro atoms. The van der Waals surface area contributed by atoms with Gasteiger partial charge >= 0.3 is 0 Å². The van der Waals surface area contributed by atoms with Crippen LogP contribution in [0.2, 0.25) is 0 Å². The highest BCUT2D eigenvalue weighted by Crippen LogP contribution is 2.34. The number of nitrogens with zero attached hydrogens (tertiary/aromatic N) is 2. The van der Waals surface area contributed by atoms with Gasteiger partial charge in [-0.2, -0.15) is 0 Å². The second-order valence-electron chi connectivity index (χ2n) is 6.77. The van der Waals surface area contributed by atoms with Crippen molar-refractivity contribution in [2.24, 2.45) is 10.7 Å².